The van der Waals surface area contributed by atoms with Gasteiger partial charge in [-0.2, -0.15) is 0 Å². The van der Waals surface area contributed by atoms with Crippen molar-refractivity contribution in [3.05, 3.63) is 21.3 Å². The first kappa shape index (κ1) is 11.2. The molecule has 1 nitrogen and oxygen atoms in total. The molecule has 1 aliphatic rings. The fourth-order valence-electron chi connectivity index (χ4n) is 2.24. The summed E-state index contributed by atoms with van der Waals surface area (Å²) >= 11 is 7.38. The van der Waals surface area contributed by atoms with Gasteiger partial charge in [0.05, 0.1) is 9.90 Å². The summed E-state index contributed by atoms with van der Waals surface area (Å²) in [5.41, 5.74) is 0. The minimum atomic E-state index is 0.224. The summed E-state index contributed by atoms with van der Waals surface area (Å²) in [5, 5.41) is 2.50. The van der Waals surface area contributed by atoms with Crippen LogP contribution in [0, 0.1) is 5.92 Å². The lowest BCUT2D eigenvalue weighted by molar-refractivity contribution is 0.0978. The highest BCUT2D eigenvalue weighted by molar-refractivity contribution is 7.12. The highest BCUT2D eigenvalue weighted by Gasteiger charge is 2.18. The molecule has 1 heterocycles. The lowest BCUT2D eigenvalue weighted by Crippen LogP contribution is -2.01. The summed E-state index contributed by atoms with van der Waals surface area (Å²) in [6, 6.07) is 1.80. The molecule has 1 aromatic heterocycles. The number of hydrogen-bond acceptors (Lipinski definition) is 2. The van der Waals surface area contributed by atoms with Crippen molar-refractivity contribution in [3.8, 4) is 0 Å². The molecule has 0 unspecified atom stereocenters. The van der Waals surface area contributed by atoms with Crippen LogP contribution in [0.15, 0.2) is 11.4 Å². The van der Waals surface area contributed by atoms with Gasteiger partial charge in [0, 0.05) is 6.42 Å². The van der Waals surface area contributed by atoms with E-state index in [9.17, 15) is 4.79 Å². The normalized spacial score (nSPS) is 17.1. The van der Waals surface area contributed by atoms with E-state index in [0.717, 1.165) is 17.2 Å². The van der Waals surface area contributed by atoms with Gasteiger partial charge < -0.3 is 0 Å². The summed E-state index contributed by atoms with van der Waals surface area (Å²) in [6.07, 6.45) is 7.03. The molecule has 2 rings (SSSR count). The molecule has 0 spiro atoms. The van der Waals surface area contributed by atoms with Gasteiger partial charge in [-0.15, -0.1) is 11.3 Å². The van der Waals surface area contributed by atoms with E-state index in [0.29, 0.717) is 11.4 Å². The van der Waals surface area contributed by atoms with Crippen LogP contribution >= 0.6 is 22.9 Å². The SMILES string of the molecule is O=C(CCC1CCCC1)c1sccc1Cl. The third-order valence-corrected chi connectivity index (χ3v) is 4.51. The minimum absolute atomic E-state index is 0.224. The second kappa shape index (κ2) is 5.13. The third kappa shape index (κ3) is 2.82. The van der Waals surface area contributed by atoms with Crippen molar-refractivity contribution in [1.82, 2.24) is 0 Å². The van der Waals surface area contributed by atoms with E-state index in [4.69, 9.17) is 11.6 Å². The van der Waals surface area contributed by atoms with Gasteiger partial charge >= 0.3 is 0 Å². The number of thiophene rings is 1. The molecular weight excluding hydrogens is 228 g/mol. The zero-order valence-electron chi connectivity index (χ0n) is 8.67. The molecule has 15 heavy (non-hydrogen) atoms. The number of carbonyl (C=O) groups is 1. The molecule has 1 fully saturated rings. The number of Topliss-reactive ketones (excluding diaryl/α,β-unsaturated/α-hetero) is 1. The molecule has 1 aliphatic carbocycles. The van der Waals surface area contributed by atoms with Crippen LogP contribution in [0.5, 0.6) is 0 Å². The van der Waals surface area contributed by atoms with E-state index in [1.165, 1.54) is 37.0 Å². The van der Waals surface area contributed by atoms with Crippen molar-refractivity contribution in [1.29, 1.82) is 0 Å². The Kier molecular flexibility index (Phi) is 3.81. The number of ketones is 1. The second-order valence-electron chi connectivity index (χ2n) is 4.21. The topological polar surface area (TPSA) is 17.1 Å². The van der Waals surface area contributed by atoms with Crippen molar-refractivity contribution in [2.45, 2.75) is 38.5 Å². The average Bonchev–Trinajstić information content (AvgIpc) is 2.84. The molecule has 1 aromatic rings. The zero-order valence-corrected chi connectivity index (χ0v) is 10.2. The fraction of sp³-hybridized carbons (Fsp3) is 0.583. The number of rotatable bonds is 4. The maximum absolute atomic E-state index is 11.8. The first-order valence-electron chi connectivity index (χ1n) is 5.53. The van der Waals surface area contributed by atoms with E-state index in [2.05, 4.69) is 0 Å². The molecule has 0 aromatic carbocycles. The smallest absolute Gasteiger partial charge is 0.174 e. The Balaban J connectivity index is 1.84. The van der Waals surface area contributed by atoms with Crippen LogP contribution in [0.3, 0.4) is 0 Å². The maximum Gasteiger partial charge on any atom is 0.174 e. The molecule has 0 saturated heterocycles. The monoisotopic (exact) mass is 242 g/mol. The standard InChI is InChI=1S/C12H15ClOS/c13-10-7-8-15-12(10)11(14)6-5-9-3-1-2-4-9/h7-9H,1-6H2. The number of halogens is 1. The van der Waals surface area contributed by atoms with Gasteiger partial charge in [-0.3, -0.25) is 4.79 Å². The molecule has 82 valence electrons. The molecule has 0 bridgehead atoms. The van der Waals surface area contributed by atoms with E-state index in [1.807, 2.05) is 5.38 Å². The molecule has 3 heteroatoms. The van der Waals surface area contributed by atoms with Crippen LogP contribution in [0.25, 0.3) is 0 Å². The summed E-state index contributed by atoms with van der Waals surface area (Å²) in [6.45, 7) is 0. The third-order valence-electron chi connectivity index (χ3n) is 3.12. The average molecular weight is 243 g/mol. The Bertz CT molecular complexity index is 339. The Morgan fingerprint density at radius 2 is 2.20 bits per heavy atom. The van der Waals surface area contributed by atoms with Crippen molar-refractivity contribution in [2.24, 2.45) is 5.92 Å². The summed E-state index contributed by atoms with van der Waals surface area (Å²) in [4.78, 5) is 12.6. The van der Waals surface area contributed by atoms with Gasteiger partial charge in [-0.25, -0.2) is 0 Å². The Morgan fingerprint density at radius 3 is 2.80 bits per heavy atom. The lowest BCUT2D eigenvalue weighted by atomic mass is 10.00. The van der Waals surface area contributed by atoms with Crippen LogP contribution in [-0.4, -0.2) is 5.78 Å². The Labute approximate surface area is 99.5 Å². The number of hydrogen-bond donors (Lipinski definition) is 0. The van der Waals surface area contributed by atoms with Crippen molar-refractivity contribution in [2.75, 3.05) is 0 Å². The predicted octanol–water partition coefficient (Wildman–Crippen LogP) is 4.55. The fourth-order valence-corrected chi connectivity index (χ4v) is 3.37. The van der Waals surface area contributed by atoms with Crippen molar-refractivity contribution < 1.29 is 4.79 Å². The lowest BCUT2D eigenvalue weighted by Gasteiger charge is -2.06. The van der Waals surface area contributed by atoms with Crippen molar-refractivity contribution >= 4 is 28.7 Å². The van der Waals surface area contributed by atoms with Crippen LogP contribution in [-0.2, 0) is 0 Å². The summed E-state index contributed by atoms with van der Waals surface area (Å²) in [7, 11) is 0. The zero-order chi connectivity index (χ0) is 10.7. The molecule has 1 saturated carbocycles. The van der Waals surface area contributed by atoms with Gasteiger partial charge in [0.1, 0.15) is 0 Å². The quantitative estimate of drug-likeness (QED) is 0.708. The van der Waals surface area contributed by atoms with E-state index < -0.39 is 0 Å². The Hall–Kier alpha value is -0.340. The highest BCUT2D eigenvalue weighted by atomic mass is 35.5. The van der Waals surface area contributed by atoms with Crippen LogP contribution in [0.4, 0.5) is 0 Å². The maximum atomic E-state index is 11.8. The summed E-state index contributed by atoms with van der Waals surface area (Å²) < 4.78 is 0. The van der Waals surface area contributed by atoms with E-state index >= 15 is 0 Å². The van der Waals surface area contributed by atoms with Crippen LogP contribution < -0.4 is 0 Å². The molecule has 0 amide bonds. The van der Waals surface area contributed by atoms with E-state index in [1.54, 1.807) is 6.07 Å². The van der Waals surface area contributed by atoms with Gasteiger partial charge in [0.15, 0.2) is 5.78 Å². The molecular formula is C12H15ClOS. The first-order chi connectivity index (χ1) is 7.27. The van der Waals surface area contributed by atoms with E-state index in [-0.39, 0.29) is 5.78 Å². The second-order valence-corrected chi connectivity index (χ2v) is 5.53. The summed E-state index contributed by atoms with van der Waals surface area (Å²) in [5.74, 6) is 1.01. The molecule has 0 atom stereocenters. The Morgan fingerprint density at radius 1 is 1.47 bits per heavy atom. The highest BCUT2D eigenvalue weighted by Crippen LogP contribution is 2.30. The molecule has 0 radical (unpaired) electrons. The van der Waals surface area contributed by atoms with Crippen LogP contribution in [0.2, 0.25) is 5.02 Å². The first-order valence-corrected chi connectivity index (χ1v) is 6.79. The van der Waals surface area contributed by atoms with Gasteiger partial charge in [0.25, 0.3) is 0 Å². The van der Waals surface area contributed by atoms with Gasteiger partial charge in [-0.05, 0) is 23.8 Å². The molecule has 0 aliphatic heterocycles. The molecule has 0 N–H and O–H groups in total. The number of carbonyl (C=O) groups excluding carboxylic acids is 1. The minimum Gasteiger partial charge on any atom is -0.293 e. The largest absolute Gasteiger partial charge is 0.293 e. The van der Waals surface area contributed by atoms with Crippen molar-refractivity contribution in [3.63, 3.8) is 0 Å². The van der Waals surface area contributed by atoms with Gasteiger partial charge in [-0.1, -0.05) is 37.3 Å². The predicted molar refractivity (Wildman–Crippen MR) is 64.9 cm³/mol. The van der Waals surface area contributed by atoms with Crippen LogP contribution in [0.1, 0.15) is 48.2 Å². The van der Waals surface area contributed by atoms with Gasteiger partial charge in [0.2, 0.25) is 0 Å².